The lowest BCUT2D eigenvalue weighted by Gasteiger charge is -2.24. The van der Waals surface area contributed by atoms with Crippen LogP contribution in [0.25, 0.3) is 0 Å². The first-order chi connectivity index (χ1) is 8.25. The van der Waals surface area contributed by atoms with Gasteiger partial charge in [-0.15, -0.1) is 0 Å². The second kappa shape index (κ2) is 6.10. The molecule has 0 N–H and O–H groups in total. The van der Waals surface area contributed by atoms with E-state index in [1.807, 2.05) is 20.8 Å². The van der Waals surface area contributed by atoms with E-state index in [4.69, 9.17) is 0 Å². The molecule has 0 aliphatic rings. The molecule has 1 rings (SSSR count). The van der Waals surface area contributed by atoms with Gasteiger partial charge in [-0.05, 0) is 27.9 Å². The van der Waals surface area contributed by atoms with Gasteiger partial charge in [-0.1, -0.05) is 36.7 Å². The first kappa shape index (κ1) is 15.6. The summed E-state index contributed by atoms with van der Waals surface area (Å²) in [4.78, 5) is 10.6. The van der Waals surface area contributed by atoms with Crippen molar-refractivity contribution >= 4 is 37.5 Å². The minimum atomic E-state index is -0.477. The number of nitro benzene ring substituents is 1. The predicted octanol–water partition coefficient (Wildman–Crippen LogP) is 5.02. The van der Waals surface area contributed by atoms with Gasteiger partial charge in [0, 0.05) is 22.4 Å². The van der Waals surface area contributed by atoms with Gasteiger partial charge in [0.25, 0.3) is 5.69 Å². The summed E-state index contributed by atoms with van der Waals surface area (Å²) in [6.45, 7) is 5.84. The van der Waals surface area contributed by atoms with Gasteiger partial charge < -0.3 is 0 Å². The van der Waals surface area contributed by atoms with E-state index in [1.165, 1.54) is 12.1 Å². The molecular formula is C12H14Br2FNO2. The Kier molecular flexibility index (Phi) is 5.28. The average Bonchev–Trinajstić information content (AvgIpc) is 2.21. The molecule has 1 aromatic rings. The molecular weight excluding hydrogens is 369 g/mol. The monoisotopic (exact) mass is 381 g/mol. The standard InChI is InChI=1S/C12H14Br2FNO2/c1-6(2)12(7(3)13)8-4-10(15)9(14)5-11(8)16(17)18/h4-7,12H,1-3H3. The number of hydrogen-bond donors (Lipinski definition) is 0. The second-order valence-electron chi connectivity index (χ2n) is 4.53. The summed E-state index contributed by atoms with van der Waals surface area (Å²) in [5, 5.41) is 11.1. The van der Waals surface area contributed by atoms with Crippen molar-refractivity contribution in [3.05, 3.63) is 38.1 Å². The predicted molar refractivity (Wildman–Crippen MR) is 76.7 cm³/mol. The highest BCUT2D eigenvalue weighted by molar-refractivity contribution is 9.10. The molecule has 0 aliphatic carbocycles. The fourth-order valence-corrected chi connectivity index (χ4v) is 3.34. The third-order valence-electron chi connectivity index (χ3n) is 2.84. The van der Waals surface area contributed by atoms with E-state index in [1.54, 1.807) is 0 Å². The van der Waals surface area contributed by atoms with Gasteiger partial charge in [-0.2, -0.15) is 0 Å². The number of nitro groups is 1. The quantitative estimate of drug-likeness (QED) is 0.417. The molecule has 1 aromatic carbocycles. The molecule has 2 atom stereocenters. The van der Waals surface area contributed by atoms with Crippen molar-refractivity contribution in [2.24, 2.45) is 5.92 Å². The lowest BCUT2D eigenvalue weighted by molar-refractivity contribution is -0.385. The highest BCUT2D eigenvalue weighted by Gasteiger charge is 2.29. The van der Waals surface area contributed by atoms with Crippen molar-refractivity contribution in [2.45, 2.75) is 31.5 Å². The summed E-state index contributed by atoms with van der Waals surface area (Å²) in [6, 6.07) is 2.49. The van der Waals surface area contributed by atoms with Crippen LogP contribution >= 0.6 is 31.9 Å². The molecule has 0 amide bonds. The van der Waals surface area contributed by atoms with Gasteiger partial charge in [0.2, 0.25) is 0 Å². The zero-order chi connectivity index (χ0) is 14.0. The average molecular weight is 383 g/mol. The topological polar surface area (TPSA) is 43.1 Å². The Hall–Kier alpha value is -0.490. The summed E-state index contributed by atoms with van der Waals surface area (Å²) < 4.78 is 13.7. The van der Waals surface area contributed by atoms with Crippen LogP contribution < -0.4 is 0 Å². The normalized spacial score (nSPS) is 14.6. The van der Waals surface area contributed by atoms with Crippen molar-refractivity contribution in [3.63, 3.8) is 0 Å². The van der Waals surface area contributed by atoms with E-state index in [0.717, 1.165) is 0 Å². The zero-order valence-electron chi connectivity index (χ0n) is 10.3. The SMILES string of the molecule is CC(C)C(c1cc(F)c(Br)cc1[N+](=O)[O-])C(C)Br. The molecule has 3 nitrogen and oxygen atoms in total. The molecule has 2 unspecified atom stereocenters. The Morgan fingerprint density at radius 1 is 1.33 bits per heavy atom. The van der Waals surface area contributed by atoms with E-state index in [0.29, 0.717) is 5.56 Å². The van der Waals surface area contributed by atoms with Crippen molar-refractivity contribution in [1.29, 1.82) is 0 Å². The Bertz CT molecular complexity index is 456. The number of halogens is 3. The lowest BCUT2D eigenvalue weighted by atomic mass is 9.85. The largest absolute Gasteiger partial charge is 0.274 e. The Morgan fingerprint density at radius 3 is 2.28 bits per heavy atom. The second-order valence-corrected chi connectivity index (χ2v) is 6.83. The molecule has 100 valence electrons. The highest BCUT2D eigenvalue weighted by atomic mass is 79.9. The molecule has 0 aromatic heterocycles. The maximum absolute atomic E-state index is 13.6. The van der Waals surface area contributed by atoms with E-state index in [2.05, 4.69) is 31.9 Å². The van der Waals surface area contributed by atoms with E-state index in [-0.39, 0.29) is 26.8 Å². The van der Waals surface area contributed by atoms with Crippen LogP contribution in [0, 0.1) is 21.8 Å². The van der Waals surface area contributed by atoms with Crippen LogP contribution in [0.1, 0.15) is 32.3 Å². The third kappa shape index (κ3) is 3.29. The number of benzene rings is 1. The lowest BCUT2D eigenvalue weighted by Crippen LogP contribution is -2.17. The first-order valence-electron chi connectivity index (χ1n) is 5.53. The molecule has 6 heteroatoms. The van der Waals surface area contributed by atoms with Gasteiger partial charge in [-0.3, -0.25) is 10.1 Å². The summed E-state index contributed by atoms with van der Waals surface area (Å²) >= 11 is 6.43. The van der Waals surface area contributed by atoms with Gasteiger partial charge in [0.1, 0.15) is 5.82 Å². The van der Waals surface area contributed by atoms with Crippen LogP contribution in [-0.4, -0.2) is 9.75 Å². The van der Waals surface area contributed by atoms with Gasteiger partial charge in [0.05, 0.1) is 9.40 Å². The maximum Gasteiger partial charge on any atom is 0.274 e. The number of nitrogens with zero attached hydrogens (tertiary/aromatic N) is 1. The molecule has 0 spiro atoms. The minimum Gasteiger partial charge on any atom is -0.258 e. The fraction of sp³-hybridized carbons (Fsp3) is 0.500. The Morgan fingerprint density at radius 2 is 1.89 bits per heavy atom. The first-order valence-corrected chi connectivity index (χ1v) is 7.24. The molecule has 0 radical (unpaired) electrons. The van der Waals surface area contributed by atoms with E-state index < -0.39 is 10.7 Å². The smallest absolute Gasteiger partial charge is 0.258 e. The number of alkyl halides is 1. The van der Waals surface area contributed by atoms with Gasteiger partial charge in [0.15, 0.2) is 0 Å². The van der Waals surface area contributed by atoms with E-state index in [9.17, 15) is 14.5 Å². The van der Waals surface area contributed by atoms with Crippen molar-refractivity contribution in [1.82, 2.24) is 0 Å². The van der Waals surface area contributed by atoms with Crippen LogP contribution in [0.4, 0.5) is 10.1 Å². The third-order valence-corrected chi connectivity index (χ3v) is 4.02. The number of hydrogen-bond acceptors (Lipinski definition) is 2. The molecule has 0 heterocycles. The van der Waals surface area contributed by atoms with Gasteiger partial charge >= 0.3 is 0 Å². The summed E-state index contributed by atoms with van der Waals surface area (Å²) in [7, 11) is 0. The van der Waals surface area contributed by atoms with Crippen LogP contribution in [0.2, 0.25) is 0 Å². The van der Waals surface area contributed by atoms with Crippen molar-refractivity contribution in [3.8, 4) is 0 Å². The Labute approximate surface area is 122 Å². The van der Waals surface area contributed by atoms with E-state index >= 15 is 0 Å². The zero-order valence-corrected chi connectivity index (χ0v) is 13.5. The summed E-state index contributed by atoms with van der Waals surface area (Å²) in [5.41, 5.74) is 0.383. The number of rotatable bonds is 4. The highest BCUT2D eigenvalue weighted by Crippen LogP contribution is 2.39. The van der Waals surface area contributed by atoms with Crippen LogP contribution in [0.3, 0.4) is 0 Å². The maximum atomic E-state index is 13.6. The summed E-state index contributed by atoms with van der Waals surface area (Å²) in [6.07, 6.45) is 0. The molecule has 0 aliphatic heterocycles. The van der Waals surface area contributed by atoms with Crippen molar-refractivity contribution < 1.29 is 9.31 Å². The molecule has 0 saturated heterocycles. The minimum absolute atomic E-state index is 0.0248. The molecule has 0 bridgehead atoms. The molecule has 0 fully saturated rings. The van der Waals surface area contributed by atoms with Crippen LogP contribution in [0.5, 0.6) is 0 Å². The molecule has 0 saturated carbocycles. The fourth-order valence-electron chi connectivity index (χ4n) is 2.11. The van der Waals surface area contributed by atoms with Gasteiger partial charge in [-0.25, -0.2) is 4.39 Å². The summed E-state index contributed by atoms with van der Waals surface area (Å²) in [5.74, 6) is -0.430. The Balaban J connectivity index is 3.45. The van der Waals surface area contributed by atoms with Crippen LogP contribution in [-0.2, 0) is 0 Å². The van der Waals surface area contributed by atoms with Crippen LogP contribution in [0.15, 0.2) is 16.6 Å². The molecule has 18 heavy (non-hydrogen) atoms. The van der Waals surface area contributed by atoms with Crippen molar-refractivity contribution in [2.75, 3.05) is 0 Å².